The highest BCUT2D eigenvalue weighted by atomic mass is 35.5. The van der Waals surface area contributed by atoms with Crippen molar-refractivity contribution in [3.8, 4) is 0 Å². The number of hydrogen-bond acceptors (Lipinski definition) is 2. The van der Waals surface area contributed by atoms with Crippen LogP contribution >= 0.6 is 46.4 Å². The van der Waals surface area contributed by atoms with Crippen LogP contribution in [0.15, 0.2) is 30.5 Å². The van der Waals surface area contributed by atoms with Crippen LogP contribution in [0.1, 0.15) is 17.3 Å². The molecule has 0 bridgehead atoms. The molecule has 1 heterocycles. The van der Waals surface area contributed by atoms with Gasteiger partial charge in [-0.05, 0) is 30.2 Å². The molecular formula is C13H10Cl4N2. The molecule has 0 fully saturated rings. The Bertz CT molecular complexity index is 581. The summed E-state index contributed by atoms with van der Waals surface area (Å²) in [5.41, 5.74) is 7.46. The van der Waals surface area contributed by atoms with Gasteiger partial charge < -0.3 is 5.73 Å². The number of rotatable bonds is 3. The van der Waals surface area contributed by atoms with Crippen molar-refractivity contribution in [1.29, 1.82) is 0 Å². The summed E-state index contributed by atoms with van der Waals surface area (Å²) in [6.45, 7) is 0. The fourth-order valence-electron chi connectivity index (χ4n) is 1.74. The van der Waals surface area contributed by atoms with Crippen molar-refractivity contribution in [2.75, 3.05) is 0 Å². The molecular weight excluding hydrogens is 326 g/mol. The number of halogens is 4. The van der Waals surface area contributed by atoms with Crippen LogP contribution in [0.25, 0.3) is 0 Å². The molecule has 2 aromatic rings. The molecule has 100 valence electrons. The Kier molecular flexibility index (Phi) is 4.93. The predicted octanol–water partition coefficient (Wildman–Crippen LogP) is 4.94. The number of nitrogens with zero attached hydrogens (tertiary/aromatic N) is 1. The Labute approximate surface area is 131 Å². The number of hydrogen-bond donors (Lipinski definition) is 1. The summed E-state index contributed by atoms with van der Waals surface area (Å²) in [5.74, 6) is 0. The van der Waals surface area contributed by atoms with Crippen molar-refractivity contribution in [3.05, 3.63) is 61.8 Å². The van der Waals surface area contributed by atoms with Gasteiger partial charge in [0.1, 0.15) is 0 Å². The lowest BCUT2D eigenvalue weighted by molar-refractivity contribution is 0.697. The van der Waals surface area contributed by atoms with Crippen molar-refractivity contribution in [3.63, 3.8) is 0 Å². The maximum atomic E-state index is 6.11. The van der Waals surface area contributed by atoms with E-state index in [1.54, 1.807) is 24.3 Å². The summed E-state index contributed by atoms with van der Waals surface area (Å²) in [6, 6.07) is 6.54. The van der Waals surface area contributed by atoms with E-state index in [2.05, 4.69) is 4.98 Å². The molecule has 2 nitrogen and oxygen atoms in total. The fourth-order valence-corrected chi connectivity index (χ4v) is 2.81. The SMILES string of the molecule is NC(Cc1c(Cl)cccc1Cl)c1ncc(Cl)cc1Cl. The van der Waals surface area contributed by atoms with Gasteiger partial charge in [-0.1, -0.05) is 52.5 Å². The number of aromatic nitrogens is 1. The third-order valence-corrected chi connectivity index (χ3v) is 3.89. The number of benzene rings is 1. The molecule has 0 saturated heterocycles. The van der Waals surface area contributed by atoms with E-state index < -0.39 is 6.04 Å². The number of pyridine rings is 1. The first-order valence-electron chi connectivity index (χ1n) is 5.48. The van der Waals surface area contributed by atoms with Crippen LogP contribution in [0.2, 0.25) is 20.1 Å². The van der Waals surface area contributed by atoms with Gasteiger partial charge in [-0.2, -0.15) is 0 Å². The van der Waals surface area contributed by atoms with Gasteiger partial charge in [0.15, 0.2) is 0 Å². The Morgan fingerprint density at radius 2 is 1.68 bits per heavy atom. The highest BCUT2D eigenvalue weighted by Gasteiger charge is 2.16. The van der Waals surface area contributed by atoms with Crippen LogP contribution in [0, 0.1) is 0 Å². The lowest BCUT2D eigenvalue weighted by atomic mass is 10.0. The van der Waals surface area contributed by atoms with Gasteiger partial charge in [-0.25, -0.2) is 0 Å². The van der Waals surface area contributed by atoms with E-state index in [-0.39, 0.29) is 0 Å². The van der Waals surface area contributed by atoms with Crippen molar-refractivity contribution in [2.24, 2.45) is 5.73 Å². The first-order chi connectivity index (χ1) is 8.99. The quantitative estimate of drug-likeness (QED) is 0.862. The van der Waals surface area contributed by atoms with Gasteiger partial charge in [-0.3, -0.25) is 4.98 Å². The molecule has 19 heavy (non-hydrogen) atoms. The fraction of sp³-hybridized carbons (Fsp3) is 0.154. The molecule has 0 amide bonds. The molecule has 1 aromatic carbocycles. The summed E-state index contributed by atoms with van der Waals surface area (Å²) in [5, 5.41) is 2.06. The normalized spacial score (nSPS) is 12.5. The highest BCUT2D eigenvalue weighted by Crippen LogP contribution is 2.30. The Balaban J connectivity index is 2.28. The minimum absolute atomic E-state index is 0.401. The average Bonchev–Trinajstić information content (AvgIpc) is 2.33. The van der Waals surface area contributed by atoms with E-state index in [0.29, 0.717) is 32.2 Å². The zero-order valence-corrected chi connectivity index (χ0v) is 12.7. The van der Waals surface area contributed by atoms with E-state index in [4.69, 9.17) is 52.1 Å². The first-order valence-corrected chi connectivity index (χ1v) is 6.99. The van der Waals surface area contributed by atoms with Crippen LogP contribution in [0.4, 0.5) is 0 Å². The number of nitrogens with two attached hydrogens (primary N) is 1. The van der Waals surface area contributed by atoms with Crippen LogP contribution in [0.5, 0.6) is 0 Å². The summed E-state index contributed by atoms with van der Waals surface area (Å²) >= 11 is 24.1. The van der Waals surface area contributed by atoms with Crippen molar-refractivity contribution >= 4 is 46.4 Å². The van der Waals surface area contributed by atoms with Gasteiger partial charge >= 0.3 is 0 Å². The first kappa shape index (κ1) is 14.9. The maximum Gasteiger partial charge on any atom is 0.0761 e. The molecule has 0 saturated carbocycles. The molecule has 0 spiro atoms. The van der Waals surface area contributed by atoms with Crippen molar-refractivity contribution < 1.29 is 0 Å². The molecule has 6 heteroatoms. The molecule has 0 aliphatic heterocycles. The minimum Gasteiger partial charge on any atom is -0.322 e. The van der Waals surface area contributed by atoms with Gasteiger partial charge in [0.25, 0.3) is 0 Å². The van der Waals surface area contributed by atoms with E-state index in [9.17, 15) is 0 Å². The molecule has 0 aliphatic rings. The zero-order chi connectivity index (χ0) is 14.0. The monoisotopic (exact) mass is 334 g/mol. The molecule has 1 atom stereocenters. The summed E-state index contributed by atoms with van der Waals surface area (Å²) in [4.78, 5) is 4.16. The maximum absolute atomic E-state index is 6.11. The van der Waals surface area contributed by atoms with Crippen LogP contribution in [-0.2, 0) is 6.42 Å². The van der Waals surface area contributed by atoms with Gasteiger partial charge in [0, 0.05) is 16.2 Å². The Morgan fingerprint density at radius 3 is 2.26 bits per heavy atom. The lowest BCUT2D eigenvalue weighted by Gasteiger charge is -2.14. The Hall–Kier alpha value is -0.510. The highest BCUT2D eigenvalue weighted by molar-refractivity contribution is 6.36. The summed E-state index contributed by atoms with van der Waals surface area (Å²) < 4.78 is 0. The van der Waals surface area contributed by atoms with Gasteiger partial charge in [0.2, 0.25) is 0 Å². The Morgan fingerprint density at radius 1 is 1.05 bits per heavy atom. The largest absolute Gasteiger partial charge is 0.322 e. The second-order valence-corrected chi connectivity index (χ2v) is 5.69. The van der Waals surface area contributed by atoms with E-state index >= 15 is 0 Å². The summed E-state index contributed by atoms with van der Waals surface area (Å²) in [6.07, 6.45) is 1.96. The summed E-state index contributed by atoms with van der Waals surface area (Å²) in [7, 11) is 0. The minimum atomic E-state index is -0.401. The van der Waals surface area contributed by atoms with Crippen molar-refractivity contribution in [2.45, 2.75) is 12.5 Å². The van der Waals surface area contributed by atoms with Gasteiger partial charge in [-0.15, -0.1) is 0 Å². The molecule has 0 radical (unpaired) electrons. The zero-order valence-electron chi connectivity index (χ0n) is 9.71. The third kappa shape index (κ3) is 3.53. The van der Waals surface area contributed by atoms with Gasteiger partial charge in [0.05, 0.1) is 21.8 Å². The van der Waals surface area contributed by atoms with Crippen LogP contribution in [-0.4, -0.2) is 4.98 Å². The standard InChI is InChI=1S/C13H10Cl4N2/c14-7-4-11(17)13(19-6-7)12(18)5-8-9(15)2-1-3-10(8)16/h1-4,6,12H,5,18H2. The topological polar surface area (TPSA) is 38.9 Å². The molecule has 0 aliphatic carbocycles. The van der Waals surface area contributed by atoms with Crippen LogP contribution < -0.4 is 5.73 Å². The molecule has 2 rings (SSSR count). The predicted molar refractivity (Wildman–Crippen MR) is 81.4 cm³/mol. The third-order valence-electron chi connectivity index (χ3n) is 2.67. The van der Waals surface area contributed by atoms with E-state index in [0.717, 1.165) is 5.56 Å². The van der Waals surface area contributed by atoms with E-state index in [1.165, 1.54) is 6.20 Å². The van der Waals surface area contributed by atoms with Crippen molar-refractivity contribution in [1.82, 2.24) is 4.98 Å². The average molecular weight is 336 g/mol. The molecule has 1 unspecified atom stereocenters. The second-order valence-electron chi connectivity index (χ2n) is 4.03. The van der Waals surface area contributed by atoms with Crippen LogP contribution in [0.3, 0.4) is 0 Å². The lowest BCUT2D eigenvalue weighted by Crippen LogP contribution is -2.16. The second kappa shape index (κ2) is 6.29. The smallest absolute Gasteiger partial charge is 0.0761 e. The molecule has 2 N–H and O–H groups in total. The molecule has 1 aromatic heterocycles. The van der Waals surface area contributed by atoms with E-state index in [1.807, 2.05) is 0 Å².